The molecular weight excluding hydrogens is 122 g/mol. The Morgan fingerprint density at radius 3 is 2.75 bits per heavy atom. The number of allylic oxidation sites excluding steroid dienone is 2. The van der Waals surface area contributed by atoms with Crippen LogP contribution in [0.1, 0.15) is 0 Å². The third-order valence-electron chi connectivity index (χ3n) is 0.676. The molecule has 1 radical (unpaired) electrons. The van der Waals surface area contributed by atoms with E-state index in [1.54, 1.807) is 18.7 Å². The highest BCUT2D eigenvalue weighted by Crippen LogP contribution is 2.12. The van der Waals surface area contributed by atoms with E-state index >= 15 is 0 Å². The van der Waals surface area contributed by atoms with Crippen LogP contribution in [0.4, 0.5) is 0 Å². The highest BCUT2D eigenvalue weighted by molar-refractivity contribution is 8.00. The van der Waals surface area contributed by atoms with Gasteiger partial charge < -0.3 is 0 Å². The SMILES string of the molecule is O=[C]N1C=CC=CS1. The molecule has 1 rings (SSSR count). The molecule has 0 aromatic rings. The second-order valence-corrected chi connectivity index (χ2v) is 2.07. The topological polar surface area (TPSA) is 20.3 Å². The van der Waals surface area contributed by atoms with Gasteiger partial charge in [-0.05, 0) is 23.4 Å². The Hall–Kier alpha value is -0.700. The zero-order chi connectivity index (χ0) is 5.82. The molecule has 41 valence electrons. The monoisotopic (exact) mass is 126 g/mol. The summed E-state index contributed by atoms with van der Waals surface area (Å²) in [5.41, 5.74) is 0. The molecule has 2 nitrogen and oxygen atoms in total. The number of rotatable bonds is 1. The Labute approximate surface area is 52.0 Å². The van der Waals surface area contributed by atoms with Gasteiger partial charge in [0.1, 0.15) is 0 Å². The smallest absolute Gasteiger partial charge is 0.262 e. The first-order valence-corrected chi connectivity index (χ1v) is 2.94. The minimum atomic E-state index is 1.31. The lowest BCUT2D eigenvalue weighted by molar-refractivity contribution is 0.532. The fourth-order valence-corrected chi connectivity index (χ4v) is 0.837. The maximum absolute atomic E-state index is 9.85. The van der Waals surface area contributed by atoms with Crippen molar-refractivity contribution in [2.75, 3.05) is 0 Å². The highest BCUT2D eigenvalue weighted by atomic mass is 32.2. The molecule has 0 unspecified atom stereocenters. The second-order valence-electron chi connectivity index (χ2n) is 1.19. The maximum atomic E-state index is 9.85. The van der Waals surface area contributed by atoms with Crippen molar-refractivity contribution in [3.63, 3.8) is 0 Å². The van der Waals surface area contributed by atoms with Crippen molar-refractivity contribution in [3.05, 3.63) is 23.8 Å². The average molecular weight is 126 g/mol. The average Bonchev–Trinajstić information content (AvgIpc) is 1.90. The van der Waals surface area contributed by atoms with E-state index in [0.717, 1.165) is 0 Å². The first-order valence-electron chi connectivity index (χ1n) is 2.10. The van der Waals surface area contributed by atoms with Crippen LogP contribution >= 0.6 is 11.9 Å². The predicted molar refractivity (Wildman–Crippen MR) is 33.4 cm³/mol. The van der Waals surface area contributed by atoms with Gasteiger partial charge in [-0.1, -0.05) is 6.08 Å². The molecule has 0 N–H and O–H groups in total. The third kappa shape index (κ3) is 1.13. The molecule has 1 aliphatic heterocycles. The van der Waals surface area contributed by atoms with Crippen LogP contribution in [0.2, 0.25) is 0 Å². The van der Waals surface area contributed by atoms with E-state index in [1.807, 2.05) is 11.5 Å². The van der Waals surface area contributed by atoms with E-state index in [9.17, 15) is 4.79 Å². The molecule has 0 atom stereocenters. The van der Waals surface area contributed by atoms with Crippen molar-refractivity contribution < 1.29 is 4.79 Å². The first kappa shape index (κ1) is 5.44. The molecule has 1 aliphatic rings. The number of amides is 1. The van der Waals surface area contributed by atoms with Gasteiger partial charge >= 0.3 is 6.41 Å². The lowest BCUT2D eigenvalue weighted by atomic mass is 10.6. The van der Waals surface area contributed by atoms with Crippen LogP contribution < -0.4 is 0 Å². The fourth-order valence-electron chi connectivity index (χ4n) is 0.361. The molecule has 0 saturated carbocycles. The van der Waals surface area contributed by atoms with Gasteiger partial charge in [-0.2, -0.15) is 0 Å². The zero-order valence-electron chi connectivity index (χ0n) is 4.07. The van der Waals surface area contributed by atoms with Crippen LogP contribution in [0.5, 0.6) is 0 Å². The van der Waals surface area contributed by atoms with Crippen LogP contribution in [0, 0.1) is 0 Å². The van der Waals surface area contributed by atoms with E-state index in [4.69, 9.17) is 0 Å². The van der Waals surface area contributed by atoms with Gasteiger partial charge in [-0.15, -0.1) is 0 Å². The van der Waals surface area contributed by atoms with Crippen molar-refractivity contribution in [2.24, 2.45) is 0 Å². The Morgan fingerprint density at radius 2 is 2.38 bits per heavy atom. The Bertz CT molecular complexity index is 141. The molecule has 1 amide bonds. The number of hydrogen-bond donors (Lipinski definition) is 0. The molecule has 0 aromatic heterocycles. The number of nitrogens with zero attached hydrogens (tertiary/aromatic N) is 1. The Kier molecular flexibility index (Phi) is 1.75. The van der Waals surface area contributed by atoms with Crippen molar-refractivity contribution >= 4 is 18.4 Å². The summed E-state index contributed by atoms with van der Waals surface area (Å²) in [5, 5.41) is 1.81. The van der Waals surface area contributed by atoms with Gasteiger partial charge in [0.15, 0.2) is 0 Å². The van der Waals surface area contributed by atoms with E-state index in [0.29, 0.717) is 0 Å². The lowest BCUT2D eigenvalue weighted by Gasteiger charge is -2.06. The molecule has 0 aromatic carbocycles. The van der Waals surface area contributed by atoms with Crippen LogP contribution in [0.3, 0.4) is 0 Å². The van der Waals surface area contributed by atoms with Crippen LogP contribution in [-0.2, 0) is 4.79 Å². The summed E-state index contributed by atoms with van der Waals surface area (Å²) in [6.07, 6.45) is 7.00. The van der Waals surface area contributed by atoms with E-state index in [-0.39, 0.29) is 0 Å². The molecular formula is C5H4NOS. The summed E-state index contributed by atoms with van der Waals surface area (Å²) in [6.45, 7) is 0. The highest BCUT2D eigenvalue weighted by Gasteiger charge is 1.95. The largest absolute Gasteiger partial charge is 0.327 e. The van der Waals surface area contributed by atoms with Gasteiger partial charge in [-0.3, -0.25) is 4.79 Å². The molecule has 1 heterocycles. The van der Waals surface area contributed by atoms with Gasteiger partial charge in [0.25, 0.3) is 0 Å². The van der Waals surface area contributed by atoms with Gasteiger partial charge in [0.05, 0.1) is 0 Å². The summed E-state index contributed by atoms with van der Waals surface area (Å²) < 4.78 is 1.36. The van der Waals surface area contributed by atoms with Crippen LogP contribution in [0.15, 0.2) is 23.8 Å². The summed E-state index contributed by atoms with van der Waals surface area (Å²) in [5.74, 6) is 0. The van der Waals surface area contributed by atoms with Crippen molar-refractivity contribution in [1.29, 1.82) is 0 Å². The van der Waals surface area contributed by atoms with Crippen molar-refractivity contribution in [1.82, 2.24) is 4.31 Å². The molecule has 8 heavy (non-hydrogen) atoms. The first-order chi connectivity index (χ1) is 3.93. The standard InChI is InChI=1S/C5H4NOS/c7-5-6-3-1-2-4-8-6/h1-4H. The summed E-state index contributed by atoms with van der Waals surface area (Å²) in [7, 11) is 0. The van der Waals surface area contributed by atoms with Crippen LogP contribution in [0.25, 0.3) is 0 Å². The fraction of sp³-hybridized carbons (Fsp3) is 0. The van der Waals surface area contributed by atoms with Gasteiger partial charge in [-0.25, -0.2) is 4.31 Å². The molecule has 0 bridgehead atoms. The van der Waals surface area contributed by atoms with E-state index in [1.165, 1.54) is 16.3 Å². The molecule has 0 saturated heterocycles. The molecule has 0 fully saturated rings. The molecule has 0 spiro atoms. The molecule has 3 heteroatoms. The summed E-state index contributed by atoms with van der Waals surface area (Å²) in [6, 6.07) is 0. The van der Waals surface area contributed by atoms with Crippen molar-refractivity contribution in [2.45, 2.75) is 0 Å². The van der Waals surface area contributed by atoms with Crippen molar-refractivity contribution in [3.8, 4) is 0 Å². The Balaban J connectivity index is 2.51. The Morgan fingerprint density at radius 1 is 1.50 bits per heavy atom. The van der Waals surface area contributed by atoms with Crippen LogP contribution in [-0.4, -0.2) is 10.7 Å². The van der Waals surface area contributed by atoms with Gasteiger partial charge in [0.2, 0.25) is 0 Å². The van der Waals surface area contributed by atoms with Gasteiger partial charge in [0, 0.05) is 6.20 Å². The predicted octanol–water partition coefficient (Wildman–Crippen LogP) is 1.04. The number of hydrogen-bond acceptors (Lipinski definition) is 2. The lowest BCUT2D eigenvalue weighted by Crippen LogP contribution is -2.02. The second kappa shape index (κ2) is 2.57. The zero-order valence-corrected chi connectivity index (χ0v) is 4.89. The minimum absolute atomic E-state index is 1.31. The maximum Gasteiger partial charge on any atom is 0.327 e. The molecule has 0 aliphatic carbocycles. The normalized spacial score (nSPS) is 16.8. The quantitative estimate of drug-likeness (QED) is 0.489. The number of carbonyl (C=O) groups excluding carboxylic acids is 1. The summed E-state index contributed by atoms with van der Waals surface area (Å²) in [4.78, 5) is 9.85. The minimum Gasteiger partial charge on any atom is -0.262 e. The van der Waals surface area contributed by atoms with E-state index in [2.05, 4.69) is 0 Å². The third-order valence-corrected chi connectivity index (χ3v) is 1.38. The summed E-state index contributed by atoms with van der Waals surface area (Å²) >= 11 is 1.31. The van der Waals surface area contributed by atoms with E-state index < -0.39 is 0 Å².